The first-order valence-corrected chi connectivity index (χ1v) is 3.49. The van der Waals surface area contributed by atoms with Crippen molar-refractivity contribution in [1.82, 2.24) is 4.98 Å². The lowest BCUT2D eigenvalue weighted by atomic mass is 10.5. The second-order valence-electron chi connectivity index (χ2n) is 1.82. The molecule has 5 heteroatoms. The van der Waals surface area contributed by atoms with Gasteiger partial charge in [0.1, 0.15) is 6.61 Å². The molecule has 0 aliphatic carbocycles. The van der Waals surface area contributed by atoms with E-state index in [1.807, 2.05) is 12.1 Å². The van der Waals surface area contributed by atoms with Crippen molar-refractivity contribution in [3.05, 3.63) is 24.4 Å². The van der Waals surface area contributed by atoms with Gasteiger partial charge in [0, 0.05) is 12.3 Å². The normalized spacial score (nSPS) is 7.77. The lowest BCUT2D eigenvalue weighted by Gasteiger charge is -1.99. The van der Waals surface area contributed by atoms with Crippen molar-refractivity contribution in [3.63, 3.8) is 0 Å². The molecule has 0 fully saturated rings. The van der Waals surface area contributed by atoms with Gasteiger partial charge in [-0.25, -0.2) is 4.98 Å². The van der Waals surface area contributed by atoms with Crippen molar-refractivity contribution in [2.75, 3.05) is 13.2 Å². The number of rotatable bonds is 3. The summed E-state index contributed by atoms with van der Waals surface area (Å²) < 4.78 is 4.99. The van der Waals surface area contributed by atoms with E-state index < -0.39 is 0 Å². The highest BCUT2D eigenvalue weighted by molar-refractivity contribution is 5.20. The van der Waals surface area contributed by atoms with E-state index in [-0.39, 0.29) is 12.8 Å². The molecule has 70 valence electrons. The molecule has 0 aliphatic heterocycles. The minimum atomic E-state index is 0.0244. The number of nitrogens with zero attached hydrogens (tertiary/aromatic N) is 1. The van der Waals surface area contributed by atoms with Crippen LogP contribution < -0.4 is 4.74 Å². The average molecular weight is 183 g/mol. The third-order valence-corrected chi connectivity index (χ3v) is 0.979. The lowest BCUT2D eigenvalue weighted by Crippen LogP contribution is -2.02. The smallest absolute Gasteiger partial charge is 0.373 e. The summed E-state index contributed by atoms with van der Waals surface area (Å²) in [5.41, 5.74) is 0. The first kappa shape index (κ1) is 11.3. The first-order valence-electron chi connectivity index (χ1n) is 3.49. The number of hydrogen-bond donors (Lipinski definition) is 1. The molecule has 1 aromatic heterocycles. The molecule has 0 saturated heterocycles. The maximum atomic E-state index is 8.37. The Labute approximate surface area is 75.0 Å². The molecule has 0 bridgehead atoms. The van der Waals surface area contributed by atoms with Crippen LogP contribution in [0.4, 0.5) is 0 Å². The SMILES string of the molecule is O=C=O.OCCOc1ccccn1. The van der Waals surface area contributed by atoms with Crippen molar-refractivity contribution in [1.29, 1.82) is 0 Å². The summed E-state index contributed by atoms with van der Waals surface area (Å²) in [5, 5.41) is 8.37. The molecule has 0 saturated carbocycles. The Hall–Kier alpha value is -1.71. The number of aliphatic hydroxyl groups excluding tert-OH is 1. The van der Waals surface area contributed by atoms with Gasteiger partial charge in [-0.15, -0.1) is 0 Å². The van der Waals surface area contributed by atoms with E-state index in [9.17, 15) is 0 Å². The summed E-state index contributed by atoms with van der Waals surface area (Å²) in [5.74, 6) is 0.552. The molecule has 1 rings (SSSR count). The van der Waals surface area contributed by atoms with E-state index in [2.05, 4.69) is 4.98 Å². The highest BCUT2D eigenvalue weighted by Crippen LogP contribution is 2.01. The molecule has 0 unspecified atom stereocenters. The maximum absolute atomic E-state index is 8.37. The fourth-order valence-corrected chi connectivity index (χ4v) is 0.583. The summed E-state index contributed by atoms with van der Waals surface area (Å²) in [7, 11) is 0. The molecule has 0 aromatic carbocycles. The number of ether oxygens (including phenoxy) is 1. The summed E-state index contributed by atoms with van der Waals surface area (Å²) in [6.07, 6.45) is 1.90. The molecule has 0 spiro atoms. The van der Waals surface area contributed by atoms with Gasteiger partial charge in [-0.05, 0) is 6.07 Å². The fraction of sp³-hybridized carbons (Fsp3) is 0.250. The Bertz CT molecular complexity index is 244. The van der Waals surface area contributed by atoms with Crippen LogP contribution in [0.5, 0.6) is 5.88 Å². The van der Waals surface area contributed by atoms with E-state index >= 15 is 0 Å². The van der Waals surface area contributed by atoms with Gasteiger partial charge in [-0.2, -0.15) is 9.59 Å². The summed E-state index contributed by atoms with van der Waals surface area (Å²) >= 11 is 0. The van der Waals surface area contributed by atoms with Crippen LogP contribution in [-0.4, -0.2) is 29.5 Å². The van der Waals surface area contributed by atoms with E-state index in [4.69, 9.17) is 19.4 Å². The van der Waals surface area contributed by atoms with Gasteiger partial charge in [0.05, 0.1) is 6.61 Å². The molecule has 0 radical (unpaired) electrons. The Morgan fingerprint density at radius 2 is 2.15 bits per heavy atom. The summed E-state index contributed by atoms with van der Waals surface area (Å²) in [4.78, 5) is 20.1. The van der Waals surface area contributed by atoms with Crippen LogP contribution in [0.2, 0.25) is 0 Å². The quantitative estimate of drug-likeness (QED) is 0.706. The average Bonchev–Trinajstić information content (AvgIpc) is 2.18. The van der Waals surface area contributed by atoms with Gasteiger partial charge in [0.2, 0.25) is 5.88 Å². The van der Waals surface area contributed by atoms with Crippen LogP contribution >= 0.6 is 0 Å². The minimum Gasteiger partial charge on any atom is -0.475 e. The first-order chi connectivity index (χ1) is 6.35. The van der Waals surface area contributed by atoms with Crippen LogP contribution in [0, 0.1) is 0 Å². The van der Waals surface area contributed by atoms with Crippen molar-refractivity contribution in [3.8, 4) is 5.88 Å². The zero-order valence-electron chi connectivity index (χ0n) is 6.84. The number of hydrogen-bond acceptors (Lipinski definition) is 5. The van der Waals surface area contributed by atoms with Gasteiger partial charge in [0.15, 0.2) is 0 Å². The van der Waals surface area contributed by atoms with Crippen molar-refractivity contribution < 1.29 is 19.4 Å². The van der Waals surface area contributed by atoms with Crippen LogP contribution in [0.3, 0.4) is 0 Å². The van der Waals surface area contributed by atoms with E-state index in [0.717, 1.165) is 0 Å². The van der Waals surface area contributed by atoms with Crippen LogP contribution in [0.25, 0.3) is 0 Å². The molecular formula is C8H9NO4. The number of aromatic nitrogens is 1. The highest BCUT2D eigenvalue weighted by Gasteiger charge is 1.88. The maximum Gasteiger partial charge on any atom is 0.373 e. The molecule has 5 nitrogen and oxygen atoms in total. The Morgan fingerprint density at radius 1 is 1.46 bits per heavy atom. The summed E-state index contributed by atoms with van der Waals surface area (Å²) in [6.45, 7) is 0.327. The number of carbonyl (C=O) groups excluding carboxylic acids is 2. The van der Waals surface area contributed by atoms with Gasteiger partial charge in [-0.3, -0.25) is 0 Å². The molecular weight excluding hydrogens is 174 g/mol. The second-order valence-corrected chi connectivity index (χ2v) is 1.82. The van der Waals surface area contributed by atoms with E-state index in [0.29, 0.717) is 12.5 Å². The lowest BCUT2D eigenvalue weighted by molar-refractivity contribution is -0.191. The minimum absolute atomic E-state index is 0.0244. The Morgan fingerprint density at radius 3 is 2.62 bits per heavy atom. The van der Waals surface area contributed by atoms with E-state index in [1.165, 1.54) is 0 Å². The van der Waals surface area contributed by atoms with Crippen molar-refractivity contribution in [2.45, 2.75) is 0 Å². The van der Waals surface area contributed by atoms with Gasteiger partial charge in [0.25, 0.3) is 0 Å². The molecule has 1 aromatic rings. The fourth-order valence-electron chi connectivity index (χ4n) is 0.583. The van der Waals surface area contributed by atoms with Crippen LogP contribution in [0.1, 0.15) is 0 Å². The molecule has 1 heterocycles. The third-order valence-electron chi connectivity index (χ3n) is 0.979. The summed E-state index contributed by atoms with van der Waals surface area (Å²) in [6, 6.07) is 5.39. The highest BCUT2D eigenvalue weighted by atomic mass is 16.5. The van der Waals surface area contributed by atoms with Gasteiger partial charge >= 0.3 is 6.15 Å². The molecule has 13 heavy (non-hydrogen) atoms. The predicted octanol–water partition coefficient (Wildman–Crippen LogP) is -0.131. The molecule has 0 atom stereocenters. The standard InChI is InChI=1S/C7H9NO2.CO2/c9-5-6-10-7-3-1-2-4-8-7;2-1-3/h1-4,9H,5-6H2;. The molecule has 0 amide bonds. The number of pyridine rings is 1. The van der Waals surface area contributed by atoms with Crippen molar-refractivity contribution >= 4 is 6.15 Å². The Balaban J connectivity index is 0.000000424. The largest absolute Gasteiger partial charge is 0.475 e. The molecule has 0 aliphatic rings. The zero-order valence-corrected chi connectivity index (χ0v) is 6.84. The monoisotopic (exact) mass is 183 g/mol. The third kappa shape index (κ3) is 6.68. The topological polar surface area (TPSA) is 76.5 Å². The van der Waals surface area contributed by atoms with Gasteiger partial charge < -0.3 is 9.84 Å². The second kappa shape index (κ2) is 8.39. The number of aliphatic hydroxyl groups is 1. The van der Waals surface area contributed by atoms with Crippen LogP contribution in [-0.2, 0) is 9.59 Å². The molecule has 1 N–H and O–H groups in total. The van der Waals surface area contributed by atoms with Crippen LogP contribution in [0.15, 0.2) is 24.4 Å². The van der Waals surface area contributed by atoms with Gasteiger partial charge in [-0.1, -0.05) is 6.07 Å². The predicted molar refractivity (Wildman–Crippen MR) is 41.8 cm³/mol. The van der Waals surface area contributed by atoms with Crippen molar-refractivity contribution in [2.24, 2.45) is 0 Å². The Kier molecular flexibility index (Phi) is 7.28. The zero-order chi connectivity index (χ0) is 9.94. The van der Waals surface area contributed by atoms with E-state index in [1.54, 1.807) is 12.3 Å².